The molecule has 0 aromatic carbocycles. The lowest BCUT2D eigenvalue weighted by atomic mass is 9.91. The van der Waals surface area contributed by atoms with E-state index in [0.717, 1.165) is 23.3 Å². The SMILES string of the molecule is COC1CCCC(N2CCC(C)C2CBr)C1. The van der Waals surface area contributed by atoms with Gasteiger partial charge in [-0.1, -0.05) is 22.9 Å². The highest BCUT2D eigenvalue weighted by Gasteiger charge is 2.36. The zero-order valence-electron chi connectivity index (χ0n) is 10.5. The van der Waals surface area contributed by atoms with E-state index in [1.807, 2.05) is 7.11 Å². The Kier molecular flexibility index (Phi) is 4.68. The normalized spacial score (nSPS) is 41.4. The average molecular weight is 290 g/mol. The summed E-state index contributed by atoms with van der Waals surface area (Å²) in [4.78, 5) is 2.74. The highest BCUT2D eigenvalue weighted by Crippen LogP contribution is 2.33. The molecule has 2 nitrogen and oxygen atoms in total. The fourth-order valence-electron chi connectivity index (χ4n) is 3.37. The summed E-state index contributed by atoms with van der Waals surface area (Å²) < 4.78 is 5.54. The molecular weight excluding hydrogens is 266 g/mol. The van der Waals surface area contributed by atoms with Gasteiger partial charge in [-0.2, -0.15) is 0 Å². The topological polar surface area (TPSA) is 12.5 Å². The zero-order chi connectivity index (χ0) is 11.5. The number of ether oxygens (including phenoxy) is 1. The van der Waals surface area contributed by atoms with Crippen LogP contribution in [0.4, 0.5) is 0 Å². The molecule has 1 saturated carbocycles. The molecule has 0 N–H and O–H groups in total. The molecule has 16 heavy (non-hydrogen) atoms. The molecule has 0 amide bonds. The van der Waals surface area contributed by atoms with Crippen LogP contribution in [0.15, 0.2) is 0 Å². The standard InChI is InChI=1S/C13H24BrNO/c1-10-6-7-15(13(10)9-14)11-4-3-5-12(8-11)16-2/h10-13H,3-9H2,1-2H3. The van der Waals surface area contributed by atoms with Gasteiger partial charge in [0.15, 0.2) is 0 Å². The minimum atomic E-state index is 0.505. The summed E-state index contributed by atoms with van der Waals surface area (Å²) in [5.41, 5.74) is 0. The lowest BCUT2D eigenvalue weighted by molar-refractivity contribution is 0.0247. The maximum Gasteiger partial charge on any atom is 0.0586 e. The van der Waals surface area contributed by atoms with Crippen LogP contribution in [-0.4, -0.2) is 42.1 Å². The van der Waals surface area contributed by atoms with Crippen molar-refractivity contribution in [1.82, 2.24) is 4.90 Å². The maximum atomic E-state index is 5.54. The summed E-state index contributed by atoms with van der Waals surface area (Å²) in [6.45, 7) is 3.68. The van der Waals surface area contributed by atoms with E-state index in [1.54, 1.807) is 0 Å². The molecule has 0 aromatic heterocycles. The molecule has 1 heterocycles. The molecular formula is C13H24BrNO. The number of hydrogen-bond donors (Lipinski definition) is 0. The molecule has 2 rings (SSSR count). The molecule has 94 valence electrons. The molecule has 4 atom stereocenters. The van der Waals surface area contributed by atoms with E-state index < -0.39 is 0 Å². The highest BCUT2D eigenvalue weighted by atomic mass is 79.9. The minimum absolute atomic E-state index is 0.505. The third-order valence-electron chi connectivity index (χ3n) is 4.48. The van der Waals surface area contributed by atoms with Crippen LogP contribution >= 0.6 is 15.9 Å². The van der Waals surface area contributed by atoms with Crippen molar-refractivity contribution in [2.24, 2.45) is 5.92 Å². The first-order chi connectivity index (χ1) is 7.76. The zero-order valence-corrected chi connectivity index (χ0v) is 12.1. The van der Waals surface area contributed by atoms with Crippen molar-refractivity contribution in [3.8, 4) is 0 Å². The van der Waals surface area contributed by atoms with Gasteiger partial charge in [-0.15, -0.1) is 0 Å². The lowest BCUT2D eigenvalue weighted by Gasteiger charge is -2.38. The first kappa shape index (κ1) is 12.8. The molecule has 4 unspecified atom stereocenters. The van der Waals surface area contributed by atoms with E-state index in [2.05, 4.69) is 27.8 Å². The Morgan fingerprint density at radius 2 is 2.12 bits per heavy atom. The van der Waals surface area contributed by atoms with Crippen LogP contribution in [0.3, 0.4) is 0 Å². The number of alkyl halides is 1. The number of nitrogens with zero attached hydrogens (tertiary/aromatic N) is 1. The van der Waals surface area contributed by atoms with Crippen LogP contribution in [0.5, 0.6) is 0 Å². The van der Waals surface area contributed by atoms with E-state index in [-0.39, 0.29) is 0 Å². The minimum Gasteiger partial charge on any atom is -0.381 e. The molecule has 1 aliphatic carbocycles. The fraction of sp³-hybridized carbons (Fsp3) is 1.00. The molecule has 0 spiro atoms. The van der Waals surface area contributed by atoms with Gasteiger partial charge in [0.2, 0.25) is 0 Å². The quantitative estimate of drug-likeness (QED) is 0.741. The summed E-state index contributed by atoms with van der Waals surface area (Å²) in [5.74, 6) is 0.849. The monoisotopic (exact) mass is 289 g/mol. The van der Waals surface area contributed by atoms with Crippen molar-refractivity contribution < 1.29 is 4.74 Å². The molecule has 2 aliphatic rings. The van der Waals surface area contributed by atoms with Gasteiger partial charge >= 0.3 is 0 Å². The summed E-state index contributed by atoms with van der Waals surface area (Å²) in [6.07, 6.45) is 7.08. The van der Waals surface area contributed by atoms with Gasteiger partial charge in [0.05, 0.1) is 6.10 Å². The van der Waals surface area contributed by atoms with E-state index in [0.29, 0.717) is 6.10 Å². The smallest absolute Gasteiger partial charge is 0.0586 e. The van der Waals surface area contributed by atoms with E-state index in [4.69, 9.17) is 4.74 Å². The Balaban J connectivity index is 1.95. The summed E-state index contributed by atoms with van der Waals surface area (Å²) in [7, 11) is 1.86. The third kappa shape index (κ3) is 2.62. The van der Waals surface area contributed by atoms with Crippen molar-refractivity contribution in [1.29, 1.82) is 0 Å². The van der Waals surface area contributed by atoms with Gasteiger partial charge in [-0.05, 0) is 44.6 Å². The van der Waals surface area contributed by atoms with Crippen LogP contribution in [0.25, 0.3) is 0 Å². The Morgan fingerprint density at radius 3 is 2.81 bits per heavy atom. The van der Waals surface area contributed by atoms with Gasteiger partial charge in [-0.25, -0.2) is 0 Å². The van der Waals surface area contributed by atoms with Crippen molar-refractivity contribution in [3.63, 3.8) is 0 Å². The van der Waals surface area contributed by atoms with Crippen molar-refractivity contribution in [2.75, 3.05) is 19.0 Å². The predicted molar refractivity (Wildman–Crippen MR) is 71.1 cm³/mol. The first-order valence-corrected chi connectivity index (χ1v) is 7.73. The first-order valence-electron chi connectivity index (χ1n) is 6.60. The molecule has 1 aliphatic heterocycles. The maximum absolute atomic E-state index is 5.54. The van der Waals surface area contributed by atoms with Gasteiger partial charge < -0.3 is 4.74 Å². The largest absolute Gasteiger partial charge is 0.381 e. The van der Waals surface area contributed by atoms with Gasteiger partial charge in [-0.3, -0.25) is 4.90 Å². The molecule has 3 heteroatoms. The fourth-order valence-corrected chi connectivity index (χ4v) is 4.38. The molecule has 2 fully saturated rings. The van der Waals surface area contributed by atoms with Gasteiger partial charge in [0.25, 0.3) is 0 Å². The second kappa shape index (κ2) is 5.83. The third-order valence-corrected chi connectivity index (χ3v) is 5.15. The number of methoxy groups -OCH3 is 1. The second-order valence-corrected chi connectivity index (χ2v) is 6.05. The molecule has 1 saturated heterocycles. The average Bonchev–Trinajstić information content (AvgIpc) is 2.70. The van der Waals surface area contributed by atoms with Gasteiger partial charge in [0.1, 0.15) is 0 Å². The Bertz CT molecular complexity index is 224. The van der Waals surface area contributed by atoms with E-state index in [9.17, 15) is 0 Å². The lowest BCUT2D eigenvalue weighted by Crippen LogP contribution is -2.45. The number of likely N-dealkylation sites (tertiary alicyclic amines) is 1. The predicted octanol–water partition coefficient (Wildman–Crippen LogP) is 3.05. The summed E-state index contributed by atoms with van der Waals surface area (Å²) >= 11 is 3.68. The van der Waals surface area contributed by atoms with Crippen LogP contribution in [0.2, 0.25) is 0 Å². The van der Waals surface area contributed by atoms with Crippen LogP contribution in [0, 0.1) is 5.92 Å². The summed E-state index contributed by atoms with van der Waals surface area (Å²) in [6, 6.07) is 1.52. The van der Waals surface area contributed by atoms with Crippen LogP contribution in [0.1, 0.15) is 39.0 Å². The number of halogens is 1. The Hall–Kier alpha value is 0.400. The van der Waals surface area contributed by atoms with Crippen LogP contribution < -0.4 is 0 Å². The van der Waals surface area contributed by atoms with Crippen molar-refractivity contribution >= 4 is 15.9 Å². The summed E-state index contributed by atoms with van der Waals surface area (Å²) in [5, 5.41) is 1.13. The van der Waals surface area contributed by atoms with Crippen molar-refractivity contribution in [3.05, 3.63) is 0 Å². The molecule has 0 radical (unpaired) electrons. The Morgan fingerprint density at radius 1 is 1.31 bits per heavy atom. The highest BCUT2D eigenvalue weighted by molar-refractivity contribution is 9.09. The molecule has 0 aromatic rings. The second-order valence-electron chi connectivity index (χ2n) is 5.40. The van der Waals surface area contributed by atoms with Crippen LogP contribution in [-0.2, 0) is 4.74 Å². The van der Waals surface area contributed by atoms with E-state index >= 15 is 0 Å². The Labute approximate surface area is 108 Å². The van der Waals surface area contributed by atoms with Crippen molar-refractivity contribution in [2.45, 2.75) is 57.2 Å². The molecule has 0 bridgehead atoms. The van der Waals surface area contributed by atoms with Gasteiger partial charge in [0, 0.05) is 24.5 Å². The number of rotatable bonds is 3. The van der Waals surface area contributed by atoms with E-state index in [1.165, 1.54) is 38.6 Å². The number of hydrogen-bond acceptors (Lipinski definition) is 2.